The lowest BCUT2D eigenvalue weighted by Gasteiger charge is -2.03. The summed E-state index contributed by atoms with van der Waals surface area (Å²) in [6, 6.07) is 6.65. The Balaban J connectivity index is 2.06. The minimum atomic E-state index is 0.924. The fourth-order valence-corrected chi connectivity index (χ4v) is 2.44. The molecule has 88 valence electrons. The summed E-state index contributed by atoms with van der Waals surface area (Å²) >= 11 is 0. The molecule has 0 amide bonds. The van der Waals surface area contributed by atoms with Crippen LogP contribution in [0.3, 0.4) is 0 Å². The maximum Gasteiger partial charge on any atom is 0.0672 e. The summed E-state index contributed by atoms with van der Waals surface area (Å²) in [5, 5.41) is 7.89. The number of rotatable bonds is 2. The zero-order valence-corrected chi connectivity index (χ0v) is 10.3. The molecular weight excluding hydrogens is 210 g/mol. The van der Waals surface area contributed by atoms with Crippen molar-refractivity contribution < 1.29 is 0 Å². The number of aryl methyl sites for hydroxylation is 2. The maximum absolute atomic E-state index is 4.50. The van der Waals surface area contributed by atoms with E-state index in [0.717, 1.165) is 25.2 Å². The van der Waals surface area contributed by atoms with Crippen LogP contribution in [0.2, 0.25) is 0 Å². The van der Waals surface area contributed by atoms with Gasteiger partial charge in [0.25, 0.3) is 0 Å². The molecule has 1 N–H and O–H groups in total. The van der Waals surface area contributed by atoms with Crippen molar-refractivity contribution in [2.24, 2.45) is 0 Å². The molecule has 0 radical (unpaired) electrons. The standard InChI is InChI=1S/C14H17N3/c1-3-17-9-13(10(2)16-17)11-4-5-14-12(8-11)6-7-15-14/h4-5,8-9,15H,3,6-7H2,1-2H3. The molecule has 2 aromatic rings. The van der Waals surface area contributed by atoms with Gasteiger partial charge in [0, 0.05) is 30.5 Å². The number of anilines is 1. The summed E-state index contributed by atoms with van der Waals surface area (Å²) in [7, 11) is 0. The van der Waals surface area contributed by atoms with Crippen LogP contribution >= 0.6 is 0 Å². The molecule has 1 aromatic carbocycles. The number of fused-ring (bicyclic) bond motifs is 1. The fourth-order valence-electron chi connectivity index (χ4n) is 2.44. The molecule has 0 aliphatic carbocycles. The molecule has 1 aliphatic heterocycles. The second-order valence-electron chi connectivity index (χ2n) is 4.53. The van der Waals surface area contributed by atoms with Gasteiger partial charge in [-0.1, -0.05) is 6.07 Å². The Bertz CT molecular complexity index is 555. The highest BCUT2D eigenvalue weighted by atomic mass is 15.3. The number of nitrogens with zero attached hydrogens (tertiary/aromatic N) is 2. The third-order valence-electron chi connectivity index (χ3n) is 3.40. The van der Waals surface area contributed by atoms with Crippen LogP contribution in [0, 0.1) is 6.92 Å². The number of hydrogen-bond donors (Lipinski definition) is 1. The highest BCUT2D eigenvalue weighted by Crippen LogP contribution is 2.29. The van der Waals surface area contributed by atoms with Gasteiger partial charge in [0.05, 0.1) is 5.69 Å². The molecule has 1 aromatic heterocycles. The van der Waals surface area contributed by atoms with E-state index in [-0.39, 0.29) is 0 Å². The SMILES string of the molecule is CCn1cc(-c2ccc3c(c2)CCN3)c(C)n1. The molecule has 1 aliphatic rings. The predicted octanol–water partition coefficient (Wildman–Crippen LogP) is 2.85. The molecule has 3 heteroatoms. The van der Waals surface area contributed by atoms with Gasteiger partial charge in [-0.15, -0.1) is 0 Å². The van der Waals surface area contributed by atoms with E-state index in [2.05, 4.69) is 48.7 Å². The summed E-state index contributed by atoms with van der Waals surface area (Å²) in [6.07, 6.45) is 3.27. The quantitative estimate of drug-likeness (QED) is 0.855. The lowest BCUT2D eigenvalue weighted by Crippen LogP contribution is -1.93. The van der Waals surface area contributed by atoms with Gasteiger partial charge < -0.3 is 5.32 Å². The van der Waals surface area contributed by atoms with Crippen molar-refractivity contribution >= 4 is 5.69 Å². The number of hydrogen-bond acceptors (Lipinski definition) is 2. The number of aromatic nitrogens is 2. The highest BCUT2D eigenvalue weighted by molar-refractivity contribution is 5.70. The van der Waals surface area contributed by atoms with Crippen LogP contribution < -0.4 is 5.32 Å². The van der Waals surface area contributed by atoms with E-state index in [9.17, 15) is 0 Å². The second-order valence-corrected chi connectivity index (χ2v) is 4.53. The Kier molecular flexibility index (Phi) is 2.39. The summed E-state index contributed by atoms with van der Waals surface area (Å²) in [5.74, 6) is 0. The molecule has 17 heavy (non-hydrogen) atoms. The van der Waals surface area contributed by atoms with E-state index in [1.54, 1.807) is 0 Å². The number of nitrogens with one attached hydrogen (secondary N) is 1. The molecule has 0 saturated carbocycles. The smallest absolute Gasteiger partial charge is 0.0672 e. The van der Waals surface area contributed by atoms with Crippen molar-refractivity contribution in [2.45, 2.75) is 26.8 Å². The van der Waals surface area contributed by atoms with E-state index >= 15 is 0 Å². The van der Waals surface area contributed by atoms with Gasteiger partial charge in [-0.2, -0.15) is 5.10 Å². The van der Waals surface area contributed by atoms with Gasteiger partial charge >= 0.3 is 0 Å². The van der Waals surface area contributed by atoms with Crippen molar-refractivity contribution in [1.82, 2.24) is 9.78 Å². The van der Waals surface area contributed by atoms with Crippen molar-refractivity contribution in [3.63, 3.8) is 0 Å². The van der Waals surface area contributed by atoms with Crippen molar-refractivity contribution in [3.05, 3.63) is 35.7 Å². The molecule has 0 bridgehead atoms. The van der Waals surface area contributed by atoms with Gasteiger partial charge in [0.15, 0.2) is 0 Å². The van der Waals surface area contributed by atoms with Crippen molar-refractivity contribution in [2.75, 3.05) is 11.9 Å². The van der Waals surface area contributed by atoms with Crippen LogP contribution in [0.1, 0.15) is 18.2 Å². The minimum absolute atomic E-state index is 0.924. The Morgan fingerprint density at radius 2 is 2.29 bits per heavy atom. The first kappa shape index (κ1) is 10.4. The average Bonchev–Trinajstić information content (AvgIpc) is 2.93. The molecule has 0 atom stereocenters. The van der Waals surface area contributed by atoms with Crippen molar-refractivity contribution in [1.29, 1.82) is 0 Å². The Hall–Kier alpha value is -1.77. The Labute approximate surface area is 101 Å². The molecular formula is C14H17N3. The molecule has 3 rings (SSSR count). The Morgan fingerprint density at radius 1 is 1.41 bits per heavy atom. The normalized spacial score (nSPS) is 13.5. The summed E-state index contributed by atoms with van der Waals surface area (Å²) in [4.78, 5) is 0. The lowest BCUT2D eigenvalue weighted by atomic mass is 10.0. The zero-order chi connectivity index (χ0) is 11.8. The third-order valence-corrected chi connectivity index (χ3v) is 3.40. The van der Waals surface area contributed by atoms with E-state index in [1.807, 2.05) is 4.68 Å². The van der Waals surface area contributed by atoms with Gasteiger partial charge in [0.2, 0.25) is 0 Å². The Morgan fingerprint density at radius 3 is 3.06 bits per heavy atom. The van der Waals surface area contributed by atoms with Gasteiger partial charge in [-0.05, 0) is 43.5 Å². The van der Waals surface area contributed by atoms with Crippen LogP contribution in [-0.2, 0) is 13.0 Å². The largest absolute Gasteiger partial charge is 0.384 e. The van der Waals surface area contributed by atoms with Gasteiger partial charge in [-0.3, -0.25) is 4.68 Å². The van der Waals surface area contributed by atoms with E-state index < -0.39 is 0 Å². The summed E-state index contributed by atoms with van der Waals surface area (Å²) in [5.41, 5.74) is 6.35. The van der Waals surface area contributed by atoms with E-state index in [1.165, 1.54) is 22.4 Å². The van der Waals surface area contributed by atoms with Crippen LogP contribution in [-0.4, -0.2) is 16.3 Å². The first-order chi connectivity index (χ1) is 8.28. The first-order valence-corrected chi connectivity index (χ1v) is 6.19. The molecule has 3 nitrogen and oxygen atoms in total. The monoisotopic (exact) mass is 227 g/mol. The lowest BCUT2D eigenvalue weighted by molar-refractivity contribution is 0.653. The topological polar surface area (TPSA) is 29.9 Å². The second kappa shape index (κ2) is 3.91. The van der Waals surface area contributed by atoms with Crippen LogP contribution in [0.15, 0.2) is 24.4 Å². The number of benzene rings is 1. The molecule has 2 heterocycles. The van der Waals surface area contributed by atoms with Crippen LogP contribution in [0.4, 0.5) is 5.69 Å². The molecule has 0 unspecified atom stereocenters. The maximum atomic E-state index is 4.50. The summed E-state index contributed by atoms with van der Waals surface area (Å²) in [6.45, 7) is 6.18. The van der Waals surface area contributed by atoms with Crippen LogP contribution in [0.5, 0.6) is 0 Å². The predicted molar refractivity (Wildman–Crippen MR) is 70.3 cm³/mol. The van der Waals surface area contributed by atoms with Gasteiger partial charge in [-0.25, -0.2) is 0 Å². The van der Waals surface area contributed by atoms with E-state index in [4.69, 9.17) is 0 Å². The van der Waals surface area contributed by atoms with E-state index in [0.29, 0.717) is 0 Å². The van der Waals surface area contributed by atoms with Crippen molar-refractivity contribution in [3.8, 4) is 11.1 Å². The highest BCUT2D eigenvalue weighted by Gasteiger charge is 2.13. The first-order valence-electron chi connectivity index (χ1n) is 6.19. The molecule has 0 spiro atoms. The third kappa shape index (κ3) is 1.71. The van der Waals surface area contributed by atoms with Gasteiger partial charge in [0.1, 0.15) is 0 Å². The average molecular weight is 227 g/mol. The molecule has 0 saturated heterocycles. The summed E-state index contributed by atoms with van der Waals surface area (Å²) < 4.78 is 2.00. The van der Waals surface area contributed by atoms with Crippen LogP contribution in [0.25, 0.3) is 11.1 Å². The zero-order valence-electron chi connectivity index (χ0n) is 10.3. The minimum Gasteiger partial charge on any atom is -0.384 e. The fraction of sp³-hybridized carbons (Fsp3) is 0.357. The molecule has 0 fully saturated rings.